The van der Waals surface area contributed by atoms with E-state index < -0.39 is 6.04 Å². The minimum Gasteiger partial charge on any atom is -0.328 e. The number of fused-ring (bicyclic) bond motifs is 1. The molecule has 1 atom stereocenters. The number of anilines is 1. The van der Waals surface area contributed by atoms with Crippen LogP contribution in [0.25, 0.3) is 10.8 Å². The molecule has 0 radical (unpaired) electrons. The van der Waals surface area contributed by atoms with Gasteiger partial charge in [0.2, 0.25) is 11.5 Å². The summed E-state index contributed by atoms with van der Waals surface area (Å²) in [5, 5.41) is 4.59. The zero-order chi connectivity index (χ0) is 17.1. The van der Waals surface area contributed by atoms with Crippen LogP contribution in [0, 0.1) is 0 Å². The predicted molar refractivity (Wildman–Crippen MR) is 96.3 cm³/mol. The van der Waals surface area contributed by atoms with Gasteiger partial charge in [-0.25, -0.2) is 0 Å². The van der Waals surface area contributed by atoms with Gasteiger partial charge in [-0.3, -0.25) is 9.59 Å². The minimum atomic E-state index is -0.696. The monoisotopic (exact) mass is 341 g/mol. The Labute approximate surface area is 143 Å². The molecular weight excluding hydrogens is 326 g/mol. The van der Waals surface area contributed by atoms with E-state index in [2.05, 4.69) is 10.3 Å². The second kappa shape index (κ2) is 6.86. The van der Waals surface area contributed by atoms with Crippen LogP contribution in [0.3, 0.4) is 0 Å². The van der Waals surface area contributed by atoms with Crippen molar-refractivity contribution in [3.63, 3.8) is 0 Å². The summed E-state index contributed by atoms with van der Waals surface area (Å²) in [6, 6.07) is 13.7. The van der Waals surface area contributed by atoms with Crippen LogP contribution in [0.5, 0.6) is 0 Å². The number of carbonyl (C=O) groups is 1. The molecule has 1 heterocycles. The van der Waals surface area contributed by atoms with Crippen LogP contribution in [-0.2, 0) is 11.2 Å². The summed E-state index contributed by atoms with van der Waals surface area (Å²) < 4.78 is 0. The molecule has 2 aromatic carbocycles. The fraction of sp³-hybridized carbons (Fsp3) is 0.111. The van der Waals surface area contributed by atoms with E-state index in [1.54, 1.807) is 18.3 Å². The standard InChI is InChI=1S/C18H16ClN3O2/c19-14-7-13-10-21-17(23)9-12(13)8-16(14)22-18(24)15(20)6-11-4-2-1-3-5-11/h1-5,7-10,15H,6,20H2,(H,21,23)(H,22,24)/t15-/m1/s1. The maximum Gasteiger partial charge on any atom is 0.248 e. The number of nitrogens with two attached hydrogens (primary N) is 1. The number of nitrogens with one attached hydrogen (secondary N) is 2. The highest BCUT2D eigenvalue weighted by atomic mass is 35.5. The number of amides is 1. The van der Waals surface area contributed by atoms with Crippen molar-refractivity contribution < 1.29 is 4.79 Å². The first-order chi connectivity index (χ1) is 11.5. The Hall–Kier alpha value is -2.63. The third kappa shape index (κ3) is 3.64. The van der Waals surface area contributed by atoms with Crippen LogP contribution in [-0.4, -0.2) is 16.9 Å². The molecule has 5 nitrogen and oxygen atoms in total. The molecule has 122 valence electrons. The lowest BCUT2D eigenvalue weighted by Gasteiger charge is -2.14. The Balaban J connectivity index is 1.79. The molecule has 0 bridgehead atoms. The summed E-state index contributed by atoms with van der Waals surface area (Å²) in [4.78, 5) is 26.3. The summed E-state index contributed by atoms with van der Waals surface area (Å²) in [5.41, 5.74) is 7.17. The molecule has 0 saturated heterocycles. The molecule has 0 aliphatic heterocycles. The van der Waals surface area contributed by atoms with Crippen LogP contribution in [0.2, 0.25) is 5.02 Å². The SMILES string of the molecule is N[C@H](Cc1ccccc1)C(=O)Nc1cc2cc(=O)[nH]cc2cc1Cl. The molecule has 1 amide bonds. The highest BCUT2D eigenvalue weighted by molar-refractivity contribution is 6.34. The van der Waals surface area contributed by atoms with E-state index in [0.717, 1.165) is 10.9 Å². The topological polar surface area (TPSA) is 88.0 Å². The number of aromatic amines is 1. The first-order valence-electron chi connectivity index (χ1n) is 7.45. The number of aromatic nitrogens is 1. The van der Waals surface area contributed by atoms with Crippen LogP contribution in [0.1, 0.15) is 5.56 Å². The van der Waals surface area contributed by atoms with Crippen molar-refractivity contribution in [3.8, 4) is 0 Å². The van der Waals surface area contributed by atoms with Crippen molar-refractivity contribution in [2.75, 3.05) is 5.32 Å². The second-order valence-electron chi connectivity index (χ2n) is 5.54. The quantitative estimate of drug-likeness (QED) is 0.681. The number of pyridine rings is 1. The van der Waals surface area contributed by atoms with Crippen molar-refractivity contribution in [2.24, 2.45) is 5.73 Å². The van der Waals surface area contributed by atoms with E-state index in [4.69, 9.17) is 17.3 Å². The Morgan fingerprint density at radius 2 is 1.92 bits per heavy atom. The summed E-state index contributed by atoms with van der Waals surface area (Å²) in [7, 11) is 0. The first-order valence-corrected chi connectivity index (χ1v) is 7.83. The maximum absolute atomic E-state index is 12.3. The number of hydrogen-bond donors (Lipinski definition) is 3. The van der Waals surface area contributed by atoms with Gasteiger partial charge in [-0.05, 0) is 34.9 Å². The van der Waals surface area contributed by atoms with E-state index in [-0.39, 0.29) is 11.5 Å². The number of rotatable bonds is 4. The molecular formula is C18H16ClN3O2. The number of hydrogen-bond acceptors (Lipinski definition) is 3. The normalized spacial score (nSPS) is 12.1. The number of H-pyrrole nitrogens is 1. The van der Waals surface area contributed by atoms with E-state index in [9.17, 15) is 9.59 Å². The van der Waals surface area contributed by atoms with Gasteiger partial charge in [-0.15, -0.1) is 0 Å². The van der Waals surface area contributed by atoms with Crippen molar-refractivity contribution in [1.82, 2.24) is 4.98 Å². The minimum absolute atomic E-state index is 0.220. The number of halogens is 1. The summed E-state index contributed by atoms with van der Waals surface area (Å²) >= 11 is 6.20. The van der Waals surface area contributed by atoms with Crippen LogP contribution < -0.4 is 16.6 Å². The molecule has 0 fully saturated rings. The van der Waals surface area contributed by atoms with Gasteiger partial charge < -0.3 is 16.0 Å². The van der Waals surface area contributed by atoms with Crippen LogP contribution >= 0.6 is 11.6 Å². The van der Waals surface area contributed by atoms with Crippen molar-refractivity contribution in [3.05, 3.63) is 75.7 Å². The lowest BCUT2D eigenvalue weighted by molar-refractivity contribution is -0.117. The molecule has 3 aromatic rings. The Morgan fingerprint density at radius 1 is 1.17 bits per heavy atom. The largest absolute Gasteiger partial charge is 0.328 e. The van der Waals surface area contributed by atoms with E-state index >= 15 is 0 Å². The van der Waals surface area contributed by atoms with Gasteiger partial charge in [0, 0.05) is 12.3 Å². The molecule has 0 unspecified atom stereocenters. The molecule has 3 rings (SSSR count). The van der Waals surface area contributed by atoms with Gasteiger partial charge in [0.05, 0.1) is 16.8 Å². The molecule has 0 spiro atoms. The highest BCUT2D eigenvalue weighted by Gasteiger charge is 2.16. The first kappa shape index (κ1) is 16.2. The van der Waals surface area contributed by atoms with E-state index in [1.165, 1.54) is 6.07 Å². The zero-order valence-corrected chi connectivity index (χ0v) is 13.5. The van der Waals surface area contributed by atoms with Gasteiger partial charge >= 0.3 is 0 Å². The van der Waals surface area contributed by atoms with Crippen molar-refractivity contribution in [2.45, 2.75) is 12.5 Å². The van der Waals surface area contributed by atoms with Gasteiger partial charge in [-0.1, -0.05) is 41.9 Å². The Kier molecular flexibility index (Phi) is 4.64. The third-order valence-corrected chi connectivity index (χ3v) is 4.04. The predicted octanol–water partition coefficient (Wildman–Crippen LogP) is 2.69. The van der Waals surface area contributed by atoms with Crippen molar-refractivity contribution in [1.29, 1.82) is 0 Å². The molecule has 24 heavy (non-hydrogen) atoms. The lowest BCUT2D eigenvalue weighted by Crippen LogP contribution is -2.37. The fourth-order valence-electron chi connectivity index (χ4n) is 2.47. The second-order valence-corrected chi connectivity index (χ2v) is 5.95. The highest BCUT2D eigenvalue weighted by Crippen LogP contribution is 2.27. The maximum atomic E-state index is 12.3. The molecule has 0 aliphatic rings. The molecule has 6 heteroatoms. The van der Waals surface area contributed by atoms with Crippen molar-refractivity contribution >= 4 is 34.0 Å². The average molecular weight is 342 g/mol. The molecule has 0 saturated carbocycles. The van der Waals surface area contributed by atoms with Gasteiger partial charge in [0.25, 0.3) is 0 Å². The molecule has 0 aliphatic carbocycles. The van der Waals surface area contributed by atoms with E-state index in [1.807, 2.05) is 30.3 Å². The summed E-state index contributed by atoms with van der Waals surface area (Å²) in [5.74, 6) is -0.329. The van der Waals surface area contributed by atoms with Gasteiger partial charge in [-0.2, -0.15) is 0 Å². The Bertz CT molecular complexity index is 938. The zero-order valence-electron chi connectivity index (χ0n) is 12.8. The number of benzene rings is 2. The summed E-state index contributed by atoms with van der Waals surface area (Å²) in [6.07, 6.45) is 2.01. The molecule has 1 aromatic heterocycles. The lowest BCUT2D eigenvalue weighted by atomic mass is 10.1. The van der Waals surface area contributed by atoms with E-state index in [0.29, 0.717) is 22.5 Å². The average Bonchev–Trinajstić information content (AvgIpc) is 2.56. The fourth-order valence-corrected chi connectivity index (χ4v) is 2.69. The smallest absolute Gasteiger partial charge is 0.248 e. The van der Waals surface area contributed by atoms with Gasteiger partial charge in [0.1, 0.15) is 0 Å². The Morgan fingerprint density at radius 3 is 2.67 bits per heavy atom. The third-order valence-electron chi connectivity index (χ3n) is 3.72. The summed E-state index contributed by atoms with van der Waals surface area (Å²) in [6.45, 7) is 0. The molecule has 4 N–H and O–H groups in total. The number of carbonyl (C=O) groups excluding carboxylic acids is 1. The van der Waals surface area contributed by atoms with Crippen LogP contribution in [0.15, 0.2) is 59.5 Å². The van der Waals surface area contributed by atoms with Gasteiger partial charge in [0.15, 0.2) is 0 Å². The van der Waals surface area contributed by atoms with Crippen LogP contribution in [0.4, 0.5) is 5.69 Å².